The number of carbonyl (C=O) groups is 1. The number of hydrogen-bond donors (Lipinski definition) is 0. The van der Waals surface area contributed by atoms with Crippen molar-refractivity contribution < 1.29 is 9.53 Å². The summed E-state index contributed by atoms with van der Waals surface area (Å²) < 4.78 is 5.16. The van der Waals surface area contributed by atoms with Gasteiger partial charge in [0.25, 0.3) is 5.91 Å². The summed E-state index contributed by atoms with van der Waals surface area (Å²) in [5.41, 5.74) is 1.58. The molecule has 5 heteroatoms. The molecule has 23 heavy (non-hydrogen) atoms. The molecule has 0 radical (unpaired) electrons. The van der Waals surface area contributed by atoms with E-state index in [1.54, 1.807) is 7.11 Å². The summed E-state index contributed by atoms with van der Waals surface area (Å²) in [6.45, 7) is 5.38. The summed E-state index contributed by atoms with van der Waals surface area (Å²) in [5, 5.41) is 0.649. The Kier molecular flexibility index (Phi) is 6.88. The van der Waals surface area contributed by atoms with Crippen LogP contribution in [0.4, 0.5) is 0 Å². The molecule has 1 aromatic carbocycles. The zero-order valence-electron chi connectivity index (χ0n) is 14.3. The van der Waals surface area contributed by atoms with Crippen molar-refractivity contribution in [2.45, 2.75) is 32.2 Å². The van der Waals surface area contributed by atoms with Crippen LogP contribution in [-0.2, 0) is 4.74 Å². The average Bonchev–Trinajstić information content (AvgIpc) is 2.55. The fourth-order valence-electron chi connectivity index (χ4n) is 3.13. The lowest BCUT2D eigenvalue weighted by Crippen LogP contribution is -2.47. The molecule has 0 saturated carbocycles. The van der Waals surface area contributed by atoms with Crippen LogP contribution in [0.1, 0.15) is 35.2 Å². The van der Waals surface area contributed by atoms with Gasteiger partial charge in [-0.05, 0) is 64.0 Å². The first-order valence-electron chi connectivity index (χ1n) is 8.28. The van der Waals surface area contributed by atoms with Crippen molar-refractivity contribution in [1.82, 2.24) is 9.80 Å². The molecule has 0 bridgehead atoms. The molecule has 1 amide bonds. The lowest BCUT2D eigenvalue weighted by atomic mass is 10.0. The van der Waals surface area contributed by atoms with Gasteiger partial charge < -0.3 is 14.5 Å². The predicted octanol–water partition coefficient (Wildman–Crippen LogP) is 3.22. The standard InChI is InChI=1S/C18H27ClN2O2/c1-14-16(6-4-7-17(14)19)18(22)21(10-5-13-23-3)15-8-11-20(2)12-9-15/h4,6-7,15H,5,8-13H2,1-3H3. The number of rotatable bonds is 6. The smallest absolute Gasteiger partial charge is 0.254 e. The Morgan fingerprint density at radius 2 is 2.09 bits per heavy atom. The first-order chi connectivity index (χ1) is 11.0. The summed E-state index contributed by atoms with van der Waals surface area (Å²) in [7, 11) is 3.83. The Morgan fingerprint density at radius 3 is 2.74 bits per heavy atom. The largest absolute Gasteiger partial charge is 0.385 e. The third-order valence-electron chi connectivity index (χ3n) is 4.64. The van der Waals surface area contributed by atoms with Crippen molar-refractivity contribution in [2.75, 3.05) is 40.4 Å². The molecule has 0 spiro atoms. The van der Waals surface area contributed by atoms with Gasteiger partial charge in [0.05, 0.1) is 0 Å². The summed E-state index contributed by atoms with van der Waals surface area (Å²) >= 11 is 6.20. The maximum absolute atomic E-state index is 13.1. The van der Waals surface area contributed by atoms with Crippen LogP contribution in [0.15, 0.2) is 18.2 Å². The Labute approximate surface area is 144 Å². The van der Waals surface area contributed by atoms with Crippen molar-refractivity contribution in [2.24, 2.45) is 0 Å². The zero-order chi connectivity index (χ0) is 16.8. The van der Waals surface area contributed by atoms with Crippen LogP contribution in [0.3, 0.4) is 0 Å². The van der Waals surface area contributed by atoms with Gasteiger partial charge in [0.1, 0.15) is 0 Å². The van der Waals surface area contributed by atoms with Crippen molar-refractivity contribution in [3.8, 4) is 0 Å². The molecule has 0 atom stereocenters. The molecule has 4 nitrogen and oxygen atoms in total. The van der Waals surface area contributed by atoms with Gasteiger partial charge in [0.15, 0.2) is 0 Å². The van der Waals surface area contributed by atoms with Gasteiger partial charge in [-0.3, -0.25) is 4.79 Å². The number of likely N-dealkylation sites (tertiary alicyclic amines) is 1. The molecule has 1 fully saturated rings. The zero-order valence-corrected chi connectivity index (χ0v) is 15.1. The fourth-order valence-corrected chi connectivity index (χ4v) is 3.30. The highest BCUT2D eigenvalue weighted by atomic mass is 35.5. The van der Waals surface area contributed by atoms with E-state index in [1.165, 1.54) is 0 Å². The number of carbonyl (C=O) groups excluding carboxylic acids is 1. The number of hydrogen-bond acceptors (Lipinski definition) is 3. The molecule has 128 valence electrons. The fraction of sp³-hybridized carbons (Fsp3) is 0.611. The van der Waals surface area contributed by atoms with Gasteiger partial charge in [-0.1, -0.05) is 17.7 Å². The van der Waals surface area contributed by atoms with Crippen molar-refractivity contribution in [3.05, 3.63) is 34.3 Å². The van der Waals surface area contributed by atoms with Gasteiger partial charge >= 0.3 is 0 Å². The number of halogens is 1. The number of benzene rings is 1. The van der Waals surface area contributed by atoms with Gasteiger partial charge in [-0.25, -0.2) is 0 Å². The van der Waals surface area contributed by atoms with E-state index < -0.39 is 0 Å². The summed E-state index contributed by atoms with van der Waals surface area (Å²) in [4.78, 5) is 17.5. The molecule has 0 N–H and O–H groups in total. The third kappa shape index (κ3) is 4.69. The van der Waals surface area contributed by atoms with Crippen LogP contribution < -0.4 is 0 Å². The molecule has 0 unspecified atom stereocenters. The lowest BCUT2D eigenvalue weighted by Gasteiger charge is -2.37. The molecular weight excluding hydrogens is 312 g/mol. The van der Waals surface area contributed by atoms with E-state index in [0.29, 0.717) is 23.2 Å². The molecule has 0 aliphatic carbocycles. The number of methoxy groups -OCH3 is 1. The minimum Gasteiger partial charge on any atom is -0.385 e. The van der Waals surface area contributed by atoms with Crippen molar-refractivity contribution in [3.63, 3.8) is 0 Å². The van der Waals surface area contributed by atoms with E-state index >= 15 is 0 Å². The Morgan fingerprint density at radius 1 is 1.39 bits per heavy atom. The van der Waals surface area contributed by atoms with Gasteiger partial charge in [0, 0.05) is 36.9 Å². The molecule has 1 aliphatic rings. The summed E-state index contributed by atoms with van der Waals surface area (Å²) in [6.07, 6.45) is 2.90. The Balaban J connectivity index is 2.18. The molecule has 1 aliphatic heterocycles. The highest BCUT2D eigenvalue weighted by molar-refractivity contribution is 6.31. The second kappa shape index (κ2) is 8.67. The topological polar surface area (TPSA) is 32.8 Å². The second-order valence-electron chi connectivity index (χ2n) is 6.29. The number of ether oxygens (including phenoxy) is 1. The first kappa shape index (κ1) is 18.2. The van der Waals surface area contributed by atoms with Crippen LogP contribution in [0.5, 0.6) is 0 Å². The monoisotopic (exact) mass is 338 g/mol. The van der Waals surface area contributed by atoms with Crippen LogP contribution in [0.25, 0.3) is 0 Å². The van der Waals surface area contributed by atoms with E-state index in [4.69, 9.17) is 16.3 Å². The molecule has 1 saturated heterocycles. The molecular formula is C18H27ClN2O2. The van der Waals surface area contributed by atoms with E-state index in [0.717, 1.165) is 44.5 Å². The van der Waals surface area contributed by atoms with E-state index in [9.17, 15) is 4.79 Å². The van der Waals surface area contributed by atoms with E-state index in [1.807, 2.05) is 30.0 Å². The second-order valence-corrected chi connectivity index (χ2v) is 6.70. The minimum absolute atomic E-state index is 0.0932. The van der Waals surface area contributed by atoms with Crippen LogP contribution in [0.2, 0.25) is 5.02 Å². The highest BCUT2D eigenvalue weighted by Crippen LogP contribution is 2.23. The van der Waals surface area contributed by atoms with Gasteiger partial charge in [0.2, 0.25) is 0 Å². The molecule has 2 rings (SSSR count). The van der Waals surface area contributed by atoms with Crippen molar-refractivity contribution in [1.29, 1.82) is 0 Å². The normalized spacial score (nSPS) is 16.5. The first-order valence-corrected chi connectivity index (χ1v) is 8.66. The number of nitrogens with zero attached hydrogens (tertiary/aromatic N) is 2. The number of amides is 1. The average molecular weight is 339 g/mol. The Hall–Kier alpha value is -1.10. The molecule has 1 aromatic rings. The van der Waals surface area contributed by atoms with E-state index in [2.05, 4.69) is 11.9 Å². The van der Waals surface area contributed by atoms with Crippen LogP contribution in [-0.4, -0.2) is 62.1 Å². The summed E-state index contributed by atoms with van der Waals surface area (Å²) in [6, 6.07) is 5.86. The summed E-state index contributed by atoms with van der Waals surface area (Å²) in [5.74, 6) is 0.0932. The van der Waals surface area contributed by atoms with Crippen LogP contribution >= 0.6 is 11.6 Å². The third-order valence-corrected chi connectivity index (χ3v) is 5.04. The quantitative estimate of drug-likeness (QED) is 0.747. The SMILES string of the molecule is COCCCN(C(=O)c1cccc(Cl)c1C)C1CCN(C)CC1. The maximum Gasteiger partial charge on any atom is 0.254 e. The Bertz CT molecular complexity index is 528. The van der Waals surface area contributed by atoms with E-state index in [-0.39, 0.29) is 5.91 Å². The van der Waals surface area contributed by atoms with Gasteiger partial charge in [-0.15, -0.1) is 0 Å². The molecule has 0 aromatic heterocycles. The highest BCUT2D eigenvalue weighted by Gasteiger charge is 2.28. The van der Waals surface area contributed by atoms with Crippen LogP contribution in [0, 0.1) is 6.92 Å². The molecule has 1 heterocycles. The number of piperidine rings is 1. The van der Waals surface area contributed by atoms with Crippen molar-refractivity contribution >= 4 is 17.5 Å². The minimum atomic E-state index is 0.0932. The predicted molar refractivity (Wildman–Crippen MR) is 94.2 cm³/mol. The van der Waals surface area contributed by atoms with Gasteiger partial charge in [-0.2, -0.15) is 0 Å². The lowest BCUT2D eigenvalue weighted by molar-refractivity contribution is 0.0563. The maximum atomic E-state index is 13.1.